The maximum Gasteiger partial charge on any atom is 0.339 e. The summed E-state index contributed by atoms with van der Waals surface area (Å²) in [6.07, 6.45) is 0. The van der Waals surface area contributed by atoms with Crippen molar-refractivity contribution in [2.45, 2.75) is 6.54 Å². The van der Waals surface area contributed by atoms with Crippen LogP contribution in [-0.2, 0) is 11.3 Å². The quantitative estimate of drug-likeness (QED) is 0.735. The zero-order valence-electron chi connectivity index (χ0n) is 7.96. The van der Waals surface area contributed by atoms with Crippen LogP contribution in [0.25, 0.3) is 0 Å². The Kier molecular flexibility index (Phi) is 2.36. The van der Waals surface area contributed by atoms with E-state index in [2.05, 4.69) is 10.1 Å². The summed E-state index contributed by atoms with van der Waals surface area (Å²) in [7, 11) is 1.29. The molecule has 1 N–H and O–H groups in total. The molecule has 1 aliphatic rings. The maximum absolute atomic E-state index is 11.3. The molecule has 0 bridgehead atoms. The maximum atomic E-state index is 11.3. The fourth-order valence-electron chi connectivity index (χ4n) is 1.54. The first-order valence-electron chi connectivity index (χ1n) is 4.33. The third-order valence-electron chi connectivity index (χ3n) is 2.32. The first-order valence-corrected chi connectivity index (χ1v) is 4.71. The molecule has 0 fully saturated rings. The predicted molar refractivity (Wildman–Crippen MR) is 54.0 cm³/mol. The number of amides is 1. The second-order valence-corrected chi connectivity index (χ2v) is 3.51. The molecule has 0 saturated carbocycles. The smallest absolute Gasteiger partial charge is 0.339 e. The molecule has 0 aliphatic carbocycles. The molecular formula is C10H8ClNO3. The number of methoxy groups -OCH3 is 1. The van der Waals surface area contributed by atoms with Crippen LogP contribution >= 0.6 is 11.6 Å². The summed E-state index contributed by atoms with van der Waals surface area (Å²) in [5.74, 6) is -0.662. The minimum absolute atomic E-state index is 0.164. The van der Waals surface area contributed by atoms with Gasteiger partial charge < -0.3 is 10.1 Å². The van der Waals surface area contributed by atoms with Gasteiger partial charge in [0.1, 0.15) is 0 Å². The Morgan fingerprint density at radius 3 is 2.93 bits per heavy atom. The van der Waals surface area contributed by atoms with Gasteiger partial charge in [0.2, 0.25) is 0 Å². The Labute approximate surface area is 91.2 Å². The van der Waals surface area contributed by atoms with Crippen molar-refractivity contribution in [2.24, 2.45) is 0 Å². The number of hydrogen-bond acceptors (Lipinski definition) is 3. The molecule has 5 heteroatoms. The van der Waals surface area contributed by atoms with E-state index < -0.39 is 5.97 Å². The Hall–Kier alpha value is -1.55. The number of benzene rings is 1. The van der Waals surface area contributed by atoms with Crippen molar-refractivity contribution in [2.75, 3.05) is 7.11 Å². The monoisotopic (exact) mass is 225 g/mol. The van der Waals surface area contributed by atoms with Crippen molar-refractivity contribution in [3.8, 4) is 0 Å². The minimum Gasteiger partial charge on any atom is -0.465 e. The highest BCUT2D eigenvalue weighted by atomic mass is 35.5. The Morgan fingerprint density at radius 2 is 2.27 bits per heavy atom. The molecule has 0 unspecified atom stereocenters. The lowest BCUT2D eigenvalue weighted by molar-refractivity contribution is 0.0600. The lowest BCUT2D eigenvalue weighted by Crippen LogP contribution is -2.12. The van der Waals surface area contributed by atoms with Crippen molar-refractivity contribution < 1.29 is 14.3 Å². The number of esters is 1. The summed E-state index contributed by atoms with van der Waals surface area (Å²) >= 11 is 6.00. The van der Waals surface area contributed by atoms with Crippen molar-refractivity contribution in [1.82, 2.24) is 5.32 Å². The average molecular weight is 226 g/mol. The van der Waals surface area contributed by atoms with Gasteiger partial charge >= 0.3 is 5.97 Å². The highest BCUT2D eigenvalue weighted by Crippen LogP contribution is 2.28. The lowest BCUT2D eigenvalue weighted by Gasteiger charge is -2.05. The Morgan fingerprint density at radius 1 is 1.53 bits per heavy atom. The number of carbonyl (C=O) groups excluding carboxylic acids is 2. The molecule has 0 spiro atoms. The summed E-state index contributed by atoms with van der Waals surface area (Å²) < 4.78 is 4.57. The topological polar surface area (TPSA) is 55.4 Å². The first kappa shape index (κ1) is 9.98. The number of carbonyl (C=O) groups is 2. The number of hydrogen-bond donors (Lipinski definition) is 1. The molecule has 2 rings (SSSR count). The molecule has 15 heavy (non-hydrogen) atoms. The van der Waals surface area contributed by atoms with E-state index in [1.807, 2.05) is 0 Å². The second kappa shape index (κ2) is 3.55. The van der Waals surface area contributed by atoms with Crippen LogP contribution in [0, 0.1) is 0 Å². The first-order chi connectivity index (χ1) is 7.15. The number of ether oxygens (including phenoxy) is 1. The van der Waals surface area contributed by atoms with E-state index in [0.717, 1.165) is 0 Å². The van der Waals surface area contributed by atoms with E-state index in [1.165, 1.54) is 13.2 Å². The van der Waals surface area contributed by atoms with Gasteiger partial charge in [-0.3, -0.25) is 4.79 Å². The Bertz CT molecular complexity index is 456. The summed E-state index contributed by atoms with van der Waals surface area (Å²) in [4.78, 5) is 22.6. The number of halogens is 1. The summed E-state index contributed by atoms with van der Waals surface area (Å²) in [6, 6.07) is 3.08. The van der Waals surface area contributed by atoms with Gasteiger partial charge in [0, 0.05) is 17.7 Å². The highest BCUT2D eigenvalue weighted by Gasteiger charge is 2.24. The molecular weight excluding hydrogens is 218 g/mol. The number of rotatable bonds is 1. The van der Waals surface area contributed by atoms with Crippen LogP contribution in [0.2, 0.25) is 5.02 Å². The zero-order chi connectivity index (χ0) is 11.0. The number of fused-ring (bicyclic) bond motifs is 1. The average Bonchev–Trinajstić information content (AvgIpc) is 2.61. The standard InChI is InChI=1S/C10H8ClNO3/c1-15-10(14)6-3-2-5-7(8(6)11)4-12-9(5)13/h2-3H,4H2,1H3,(H,12,13). The Balaban J connectivity index is 2.55. The van der Waals surface area contributed by atoms with Crippen LogP contribution in [-0.4, -0.2) is 19.0 Å². The van der Waals surface area contributed by atoms with E-state index in [0.29, 0.717) is 17.7 Å². The van der Waals surface area contributed by atoms with E-state index in [-0.39, 0.29) is 16.5 Å². The predicted octanol–water partition coefficient (Wildman–Crippen LogP) is 1.37. The number of nitrogens with one attached hydrogen (secondary N) is 1. The van der Waals surface area contributed by atoms with Gasteiger partial charge in [-0.05, 0) is 12.1 Å². The van der Waals surface area contributed by atoms with Gasteiger partial charge in [-0.1, -0.05) is 11.6 Å². The van der Waals surface area contributed by atoms with Gasteiger partial charge in [0.05, 0.1) is 17.7 Å². The van der Waals surface area contributed by atoms with Crippen LogP contribution in [0.4, 0.5) is 0 Å². The van der Waals surface area contributed by atoms with Crippen LogP contribution in [0.5, 0.6) is 0 Å². The molecule has 1 amide bonds. The van der Waals surface area contributed by atoms with Crippen molar-refractivity contribution >= 4 is 23.5 Å². The normalized spacial score (nSPS) is 13.3. The van der Waals surface area contributed by atoms with Crippen molar-refractivity contribution in [3.05, 3.63) is 33.8 Å². The fraction of sp³-hybridized carbons (Fsp3) is 0.200. The third kappa shape index (κ3) is 1.47. The van der Waals surface area contributed by atoms with E-state index in [4.69, 9.17) is 11.6 Å². The molecule has 0 atom stereocenters. The van der Waals surface area contributed by atoms with Gasteiger partial charge in [0.25, 0.3) is 5.91 Å². The van der Waals surface area contributed by atoms with Crippen LogP contribution < -0.4 is 5.32 Å². The van der Waals surface area contributed by atoms with Crippen molar-refractivity contribution in [1.29, 1.82) is 0 Å². The minimum atomic E-state index is -0.498. The molecule has 1 aromatic carbocycles. The molecule has 4 nitrogen and oxygen atoms in total. The summed E-state index contributed by atoms with van der Waals surface area (Å²) in [5, 5.41) is 2.92. The molecule has 0 radical (unpaired) electrons. The molecule has 1 heterocycles. The van der Waals surface area contributed by atoms with Crippen LogP contribution in [0.1, 0.15) is 26.3 Å². The van der Waals surface area contributed by atoms with Gasteiger partial charge in [0.15, 0.2) is 0 Å². The summed E-state index contributed by atoms with van der Waals surface area (Å²) in [6.45, 7) is 0.359. The second-order valence-electron chi connectivity index (χ2n) is 3.13. The van der Waals surface area contributed by atoms with E-state index in [1.54, 1.807) is 6.07 Å². The van der Waals surface area contributed by atoms with Crippen LogP contribution in [0.15, 0.2) is 12.1 Å². The largest absolute Gasteiger partial charge is 0.465 e. The van der Waals surface area contributed by atoms with E-state index >= 15 is 0 Å². The molecule has 78 valence electrons. The van der Waals surface area contributed by atoms with Gasteiger partial charge in [-0.15, -0.1) is 0 Å². The highest BCUT2D eigenvalue weighted by molar-refractivity contribution is 6.35. The molecule has 0 saturated heterocycles. The molecule has 0 aromatic heterocycles. The van der Waals surface area contributed by atoms with Crippen molar-refractivity contribution in [3.63, 3.8) is 0 Å². The third-order valence-corrected chi connectivity index (χ3v) is 2.75. The van der Waals surface area contributed by atoms with Gasteiger partial charge in [-0.2, -0.15) is 0 Å². The SMILES string of the molecule is COC(=O)c1ccc2c(c1Cl)CNC2=O. The fourth-order valence-corrected chi connectivity index (χ4v) is 1.85. The zero-order valence-corrected chi connectivity index (χ0v) is 8.72. The lowest BCUT2D eigenvalue weighted by atomic mass is 10.1. The molecule has 1 aromatic rings. The van der Waals surface area contributed by atoms with Crippen LogP contribution in [0.3, 0.4) is 0 Å². The van der Waals surface area contributed by atoms with Gasteiger partial charge in [-0.25, -0.2) is 4.79 Å². The van der Waals surface area contributed by atoms with E-state index in [9.17, 15) is 9.59 Å². The summed E-state index contributed by atoms with van der Waals surface area (Å²) in [5.41, 5.74) is 1.46. The molecule has 1 aliphatic heterocycles.